The standard InChI is InChI=1S/C21H32N2O11/c1-11(12(2)25)14(20(30)31)4-5-16(27)22-6-7-32-8-9-33-21-17(23-13(3)26)19(29)18(28)15(10-24)34-21/h10,17-19,21,24,28-29H,4-9H2,1-3H3,(H,22,27)(H,23,26)(H,30,31)/b14-11-,15-10+/t17-,18+,19-,21-/m1/s1. The van der Waals surface area contributed by atoms with Crippen molar-refractivity contribution in [3.05, 3.63) is 23.2 Å². The topological polar surface area (TPSA) is 201 Å². The van der Waals surface area contributed by atoms with E-state index in [-0.39, 0.29) is 61.9 Å². The maximum absolute atomic E-state index is 11.9. The number of carbonyl (C=O) groups excluding carboxylic acids is 3. The fourth-order valence-electron chi connectivity index (χ4n) is 3.02. The number of hydrogen-bond acceptors (Lipinski definition) is 10. The molecule has 0 unspecified atom stereocenters. The summed E-state index contributed by atoms with van der Waals surface area (Å²) in [6, 6.07) is -1.09. The first-order chi connectivity index (χ1) is 16.0. The Balaban J connectivity index is 2.36. The Bertz CT molecular complexity index is 809. The monoisotopic (exact) mass is 488 g/mol. The van der Waals surface area contributed by atoms with Crippen molar-refractivity contribution in [2.75, 3.05) is 26.4 Å². The highest BCUT2D eigenvalue weighted by molar-refractivity contribution is 6.01. The van der Waals surface area contributed by atoms with E-state index in [1.165, 1.54) is 20.8 Å². The third kappa shape index (κ3) is 9.09. The minimum absolute atomic E-state index is 0.0344. The van der Waals surface area contributed by atoms with Crippen LogP contribution in [-0.4, -0.2) is 94.9 Å². The van der Waals surface area contributed by atoms with Gasteiger partial charge in [0.1, 0.15) is 24.5 Å². The van der Waals surface area contributed by atoms with Gasteiger partial charge in [-0.05, 0) is 20.3 Å². The molecule has 0 bridgehead atoms. The summed E-state index contributed by atoms with van der Waals surface area (Å²) in [5, 5.41) is 43.3. The number of Topliss-reactive ketones (excluding diaryl/α,β-unsaturated/α-hetero) is 1. The van der Waals surface area contributed by atoms with Crippen LogP contribution in [0.5, 0.6) is 0 Å². The van der Waals surface area contributed by atoms with Crippen LogP contribution < -0.4 is 10.6 Å². The Morgan fingerprint density at radius 1 is 1.06 bits per heavy atom. The fourth-order valence-corrected chi connectivity index (χ4v) is 3.02. The van der Waals surface area contributed by atoms with Gasteiger partial charge in [-0.15, -0.1) is 0 Å². The molecule has 34 heavy (non-hydrogen) atoms. The van der Waals surface area contributed by atoms with Crippen LogP contribution in [0.4, 0.5) is 0 Å². The van der Waals surface area contributed by atoms with E-state index >= 15 is 0 Å². The molecule has 0 aromatic rings. The van der Waals surface area contributed by atoms with Crippen molar-refractivity contribution < 1.29 is 53.8 Å². The van der Waals surface area contributed by atoms with Gasteiger partial charge < -0.3 is 45.3 Å². The molecule has 0 saturated carbocycles. The summed E-state index contributed by atoms with van der Waals surface area (Å²) in [5.41, 5.74) is 0.00494. The number of nitrogens with one attached hydrogen (secondary N) is 2. The van der Waals surface area contributed by atoms with Gasteiger partial charge >= 0.3 is 5.97 Å². The molecule has 0 aromatic heterocycles. The Labute approximate surface area is 196 Å². The van der Waals surface area contributed by atoms with Crippen LogP contribution in [-0.2, 0) is 33.4 Å². The van der Waals surface area contributed by atoms with Gasteiger partial charge in [0.2, 0.25) is 18.1 Å². The average molecular weight is 488 g/mol. The number of amides is 2. The predicted octanol–water partition coefficient (Wildman–Crippen LogP) is -1.11. The number of aliphatic carboxylic acids is 1. The number of carbonyl (C=O) groups is 4. The van der Waals surface area contributed by atoms with Gasteiger partial charge in [-0.2, -0.15) is 0 Å². The fraction of sp³-hybridized carbons (Fsp3) is 0.619. The van der Waals surface area contributed by atoms with Crippen LogP contribution in [0.2, 0.25) is 0 Å². The number of carboxylic acids is 1. The lowest BCUT2D eigenvalue weighted by Gasteiger charge is -2.39. The van der Waals surface area contributed by atoms with E-state index in [1.54, 1.807) is 0 Å². The highest BCUT2D eigenvalue weighted by Crippen LogP contribution is 2.24. The van der Waals surface area contributed by atoms with Crippen LogP contribution in [0.3, 0.4) is 0 Å². The first-order valence-electron chi connectivity index (χ1n) is 10.5. The largest absolute Gasteiger partial charge is 0.512 e. The van der Waals surface area contributed by atoms with Crippen molar-refractivity contribution in [1.29, 1.82) is 0 Å². The minimum atomic E-state index is -1.55. The van der Waals surface area contributed by atoms with Crippen LogP contribution in [0, 0.1) is 0 Å². The lowest BCUT2D eigenvalue weighted by Crippen LogP contribution is -2.60. The predicted molar refractivity (Wildman–Crippen MR) is 115 cm³/mol. The molecule has 0 aromatic carbocycles. The van der Waals surface area contributed by atoms with Gasteiger partial charge in [0, 0.05) is 31.0 Å². The molecule has 13 heteroatoms. The van der Waals surface area contributed by atoms with Crippen molar-refractivity contribution in [2.45, 2.75) is 58.2 Å². The second-order valence-corrected chi connectivity index (χ2v) is 7.48. The molecule has 0 aliphatic carbocycles. The van der Waals surface area contributed by atoms with Gasteiger partial charge in [0.25, 0.3) is 0 Å². The highest BCUT2D eigenvalue weighted by atomic mass is 16.7. The van der Waals surface area contributed by atoms with Crippen LogP contribution >= 0.6 is 0 Å². The van der Waals surface area contributed by atoms with Crippen molar-refractivity contribution in [2.24, 2.45) is 0 Å². The van der Waals surface area contributed by atoms with Crippen LogP contribution in [0.1, 0.15) is 33.6 Å². The molecule has 1 fully saturated rings. The zero-order chi connectivity index (χ0) is 25.8. The number of ether oxygens (including phenoxy) is 3. The summed E-state index contributed by atoms with van der Waals surface area (Å²) >= 11 is 0. The van der Waals surface area contributed by atoms with E-state index in [2.05, 4.69) is 10.6 Å². The molecule has 1 aliphatic rings. The van der Waals surface area contributed by atoms with E-state index in [0.717, 1.165) is 0 Å². The van der Waals surface area contributed by atoms with E-state index < -0.39 is 42.3 Å². The number of rotatable bonds is 13. The van der Waals surface area contributed by atoms with Crippen molar-refractivity contribution in [3.8, 4) is 0 Å². The third-order valence-electron chi connectivity index (χ3n) is 4.94. The molecule has 1 rings (SSSR count). The molecule has 6 N–H and O–H groups in total. The number of aliphatic hydroxyl groups is 3. The van der Waals surface area contributed by atoms with E-state index in [9.17, 15) is 29.4 Å². The summed E-state index contributed by atoms with van der Waals surface area (Å²) in [6.45, 7) is 4.17. The Morgan fingerprint density at radius 2 is 1.74 bits per heavy atom. The molecule has 1 saturated heterocycles. The molecule has 4 atom stereocenters. The Hall–Kier alpha value is -3.00. The summed E-state index contributed by atoms with van der Waals surface area (Å²) < 4.78 is 16.0. The van der Waals surface area contributed by atoms with Gasteiger partial charge in [0.15, 0.2) is 11.5 Å². The molecule has 1 heterocycles. The summed E-state index contributed by atoms with van der Waals surface area (Å²) in [4.78, 5) is 45.8. The average Bonchev–Trinajstić information content (AvgIpc) is 2.76. The first-order valence-corrected chi connectivity index (χ1v) is 10.5. The molecular weight excluding hydrogens is 456 g/mol. The molecular formula is C21H32N2O11. The van der Waals surface area contributed by atoms with Gasteiger partial charge in [-0.25, -0.2) is 4.79 Å². The second kappa shape index (κ2) is 14.3. The Morgan fingerprint density at radius 3 is 2.29 bits per heavy atom. The Kier molecular flexibility index (Phi) is 12.2. The number of allylic oxidation sites excluding steroid dienone is 1. The third-order valence-corrected chi connectivity index (χ3v) is 4.94. The molecule has 0 radical (unpaired) electrons. The normalized spacial score (nSPS) is 24.1. The molecule has 2 amide bonds. The van der Waals surface area contributed by atoms with Crippen molar-refractivity contribution in [3.63, 3.8) is 0 Å². The maximum atomic E-state index is 11.9. The van der Waals surface area contributed by atoms with Crippen molar-refractivity contribution in [1.82, 2.24) is 10.6 Å². The second-order valence-electron chi connectivity index (χ2n) is 7.48. The van der Waals surface area contributed by atoms with E-state index in [1.807, 2.05) is 0 Å². The molecule has 192 valence electrons. The molecule has 1 aliphatic heterocycles. The SMILES string of the molecule is CC(=O)N[C@H]1[C@H](OCCOCCNC(=O)CC/C(C(=O)O)=C(\C)C(C)=O)O/C(=C/O)[C@H](O)[C@@H]1O. The first kappa shape index (κ1) is 29.0. The number of ketones is 1. The van der Waals surface area contributed by atoms with Crippen LogP contribution in [0.15, 0.2) is 23.2 Å². The van der Waals surface area contributed by atoms with Gasteiger partial charge in [-0.1, -0.05) is 0 Å². The van der Waals surface area contributed by atoms with Gasteiger partial charge in [0.05, 0.1) is 19.8 Å². The number of carboxylic acid groups (broad SMARTS) is 1. The lowest BCUT2D eigenvalue weighted by molar-refractivity contribution is -0.209. The summed E-state index contributed by atoms with van der Waals surface area (Å²) in [5.74, 6) is -2.82. The summed E-state index contributed by atoms with van der Waals surface area (Å²) in [6.07, 6.45) is -3.91. The highest BCUT2D eigenvalue weighted by Gasteiger charge is 2.43. The van der Waals surface area contributed by atoms with Crippen molar-refractivity contribution >= 4 is 23.6 Å². The minimum Gasteiger partial charge on any atom is -0.512 e. The maximum Gasteiger partial charge on any atom is 0.331 e. The zero-order valence-corrected chi connectivity index (χ0v) is 19.3. The summed E-state index contributed by atoms with van der Waals surface area (Å²) in [7, 11) is 0. The molecule has 13 nitrogen and oxygen atoms in total. The van der Waals surface area contributed by atoms with Gasteiger partial charge in [-0.3, -0.25) is 14.4 Å². The zero-order valence-electron chi connectivity index (χ0n) is 19.3. The lowest BCUT2D eigenvalue weighted by atomic mass is 10.0. The van der Waals surface area contributed by atoms with Crippen LogP contribution in [0.25, 0.3) is 0 Å². The van der Waals surface area contributed by atoms with E-state index in [0.29, 0.717) is 6.26 Å². The quantitative estimate of drug-likeness (QED) is 0.104. The number of hydrogen-bond donors (Lipinski definition) is 6. The number of aliphatic hydroxyl groups excluding tert-OH is 3. The molecule has 0 spiro atoms. The van der Waals surface area contributed by atoms with E-state index in [4.69, 9.17) is 24.4 Å². The smallest absolute Gasteiger partial charge is 0.331 e.